The van der Waals surface area contributed by atoms with Crippen molar-refractivity contribution in [2.75, 3.05) is 13.1 Å². The second-order valence-corrected chi connectivity index (χ2v) is 15.5. The van der Waals surface area contributed by atoms with Crippen LogP contribution >= 0.6 is 0 Å². The van der Waals surface area contributed by atoms with E-state index in [0.29, 0.717) is 41.2 Å². The summed E-state index contributed by atoms with van der Waals surface area (Å²) in [6.45, 7) is 18.9. The zero-order valence-electron chi connectivity index (χ0n) is 34.1. The standard InChI is InChI=1S/C47H62N2O6/c1-32(2)48(33(3)4)25-23-41(37-15-11-9-12-16-37)43-28-40(21-20-39(43)31-51)54-46(52)29-47(53)55-45-22-19-36(30-50)27-44(45)42(38-17-13-10-14-18-38)24-26-49(34(5)6)35(7)8/h9-22,27-28,32-35,41-42,50-51H,23-26,29-31H2,1-8H3. The van der Waals surface area contributed by atoms with E-state index in [1.54, 1.807) is 24.3 Å². The molecule has 2 N–H and O–H groups in total. The Bertz CT molecular complexity index is 1770. The van der Waals surface area contributed by atoms with Crippen LogP contribution in [0.25, 0.3) is 0 Å². The molecule has 0 fully saturated rings. The van der Waals surface area contributed by atoms with Crippen LogP contribution in [0.15, 0.2) is 97.1 Å². The summed E-state index contributed by atoms with van der Waals surface area (Å²) in [5, 5.41) is 20.4. The molecule has 0 heterocycles. The van der Waals surface area contributed by atoms with E-state index in [1.807, 2.05) is 48.5 Å². The zero-order valence-corrected chi connectivity index (χ0v) is 34.1. The first-order valence-electron chi connectivity index (χ1n) is 19.8. The van der Waals surface area contributed by atoms with Crippen molar-refractivity contribution in [2.45, 2.75) is 124 Å². The third-order valence-corrected chi connectivity index (χ3v) is 10.4. The van der Waals surface area contributed by atoms with Crippen LogP contribution in [0.2, 0.25) is 0 Å². The number of hydrogen-bond acceptors (Lipinski definition) is 8. The molecule has 0 aliphatic heterocycles. The average Bonchev–Trinajstić information content (AvgIpc) is 3.15. The van der Waals surface area contributed by atoms with Gasteiger partial charge in [-0.25, -0.2) is 0 Å². The summed E-state index contributed by atoms with van der Waals surface area (Å²) in [6.07, 6.45) is 0.957. The number of rotatable bonds is 20. The van der Waals surface area contributed by atoms with Crippen molar-refractivity contribution in [3.63, 3.8) is 0 Å². The SMILES string of the molecule is CC(C)N(CCC(c1ccccc1)c1cc(OC(=O)CC(=O)Oc2ccc(CO)cc2C(CCN(C(C)C)C(C)C)c2ccccc2)ccc1CO)C(C)C. The van der Waals surface area contributed by atoms with Crippen LogP contribution in [0, 0.1) is 0 Å². The number of carbonyl (C=O) groups excluding carboxylic acids is 2. The van der Waals surface area contributed by atoms with E-state index < -0.39 is 18.4 Å². The lowest BCUT2D eigenvalue weighted by Gasteiger charge is -2.32. The molecule has 4 aromatic carbocycles. The molecule has 0 spiro atoms. The molecule has 55 heavy (non-hydrogen) atoms. The van der Waals surface area contributed by atoms with Crippen molar-refractivity contribution >= 4 is 11.9 Å². The van der Waals surface area contributed by atoms with E-state index in [-0.39, 0.29) is 25.0 Å². The summed E-state index contributed by atoms with van der Waals surface area (Å²) in [6, 6.07) is 32.3. The fourth-order valence-electron chi connectivity index (χ4n) is 7.77. The molecule has 0 saturated heterocycles. The fourth-order valence-corrected chi connectivity index (χ4v) is 7.77. The third-order valence-electron chi connectivity index (χ3n) is 10.4. The summed E-state index contributed by atoms with van der Waals surface area (Å²) in [4.78, 5) is 31.6. The van der Waals surface area contributed by atoms with E-state index in [4.69, 9.17) is 9.47 Å². The van der Waals surface area contributed by atoms with Crippen LogP contribution in [0.5, 0.6) is 11.5 Å². The Balaban J connectivity index is 1.57. The van der Waals surface area contributed by atoms with Gasteiger partial charge in [0.25, 0.3) is 0 Å². The molecule has 296 valence electrons. The zero-order chi connectivity index (χ0) is 40.1. The minimum absolute atomic E-state index is 0.0574. The second kappa shape index (κ2) is 21.1. The average molecular weight is 751 g/mol. The van der Waals surface area contributed by atoms with Crippen LogP contribution in [0.4, 0.5) is 0 Å². The predicted molar refractivity (Wildman–Crippen MR) is 220 cm³/mol. The third kappa shape index (κ3) is 12.3. The van der Waals surface area contributed by atoms with Crippen molar-refractivity contribution in [1.82, 2.24) is 9.80 Å². The lowest BCUT2D eigenvalue weighted by Crippen LogP contribution is -2.38. The van der Waals surface area contributed by atoms with Crippen LogP contribution in [-0.4, -0.2) is 69.2 Å². The fraction of sp³-hybridized carbons (Fsp3) is 0.447. The smallest absolute Gasteiger partial charge is 0.322 e. The normalized spacial score (nSPS) is 12.9. The number of carbonyl (C=O) groups is 2. The van der Waals surface area contributed by atoms with E-state index >= 15 is 0 Å². The van der Waals surface area contributed by atoms with Gasteiger partial charge in [-0.2, -0.15) is 0 Å². The van der Waals surface area contributed by atoms with Crippen LogP contribution in [-0.2, 0) is 22.8 Å². The van der Waals surface area contributed by atoms with E-state index in [1.165, 1.54) is 0 Å². The Morgan fingerprint density at radius 1 is 0.564 bits per heavy atom. The van der Waals surface area contributed by atoms with Gasteiger partial charge in [0, 0.05) is 41.6 Å². The van der Waals surface area contributed by atoms with E-state index in [9.17, 15) is 19.8 Å². The molecule has 0 aliphatic rings. The van der Waals surface area contributed by atoms with Crippen molar-refractivity contribution in [3.05, 3.63) is 130 Å². The predicted octanol–water partition coefficient (Wildman–Crippen LogP) is 8.85. The number of aliphatic hydroxyl groups excluding tert-OH is 2. The monoisotopic (exact) mass is 750 g/mol. The van der Waals surface area contributed by atoms with Gasteiger partial charge in [-0.15, -0.1) is 0 Å². The minimum Gasteiger partial charge on any atom is -0.426 e. The molecule has 0 amide bonds. The van der Waals surface area contributed by atoms with Gasteiger partial charge in [-0.05, 0) is 133 Å². The van der Waals surface area contributed by atoms with Crippen molar-refractivity contribution in [1.29, 1.82) is 0 Å². The first-order valence-corrected chi connectivity index (χ1v) is 19.8. The molecule has 8 nitrogen and oxygen atoms in total. The van der Waals surface area contributed by atoms with E-state index in [2.05, 4.69) is 89.5 Å². The Kier molecular flexibility index (Phi) is 16.6. The molecule has 0 saturated carbocycles. The Hall–Kier alpha value is -4.34. The highest BCUT2D eigenvalue weighted by Gasteiger charge is 2.26. The molecule has 2 atom stereocenters. The molecule has 8 heteroatoms. The first-order chi connectivity index (χ1) is 26.3. The van der Waals surface area contributed by atoms with Gasteiger partial charge in [0.2, 0.25) is 0 Å². The number of aliphatic hydroxyl groups is 2. The maximum Gasteiger partial charge on any atom is 0.322 e. The first kappa shape index (κ1) is 43.4. The summed E-state index contributed by atoms with van der Waals surface area (Å²) in [7, 11) is 0. The number of benzene rings is 4. The van der Waals surface area contributed by atoms with Gasteiger partial charge < -0.3 is 19.7 Å². The molecule has 0 aliphatic carbocycles. The summed E-state index contributed by atoms with van der Waals surface area (Å²) in [5.41, 5.74) is 5.29. The van der Waals surface area contributed by atoms with Gasteiger partial charge in [0.05, 0.1) is 13.2 Å². The largest absolute Gasteiger partial charge is 0.426 e. The Labute approximate surface area is 329 Å². The highest BCUT2D eigenvalue weighted by Crippen LogP contribution is 2.37. The lowest BCUT2D eigenvalue weighted by atomic mass is 9.85. The van der Waals surface area contributed by atoms with Gasteiger partial charge in [0.1, 0.15) is 17.9 Å². The number of hydrogen-bond donors (Lipinski definition) is 2. The van der Waals surface area contributed by atoms with Gasteiger partial charge >= 0.3 is 11.9 Å². The number of nitrogens with zero attached hydrogens (tertiary/aromatic N) is 2. The number of ether oxygens (including phenoxy) is 2. The lowest BCUT2D eigenvalue weighted by molar-refractivity contribution is -0.144. The summed E-state index contributed by atoms with van der Waals surface area (Å²) >= 11 is 0. The van der Waals surface area contributed by atoms with Crippen molar-refractivity contribution < 1.29 is 29.3 Å². The number of esters is 2. The quantitative estimate of drug-likeness (QED) is 0.0526. The topological polar surface area (TPSA) is 99.5 Å². The highest BCUT2D eigenvalue weighted by molar-refractivity contribution is 5.93. The maximum absolute atomic E-state index is 13.4. The van der Waals surface area contributed by atoms with Crippen molar-refractivity contribution in [3.8, 4) is 11.5 Å². The molecular weight excluding hydrogens is 689 g/mol. The summed E-state index contributed by atoms with van der Waals surface area (Å²) < 4.78 is 11.7. The second-order valence-electron chi connectivity index (χ2n) is 15.5. The van der Waals surface area contributed by atoms with Crippen LogP contribution in [0.1, 0.15) is 120 Å². The highest BCUT2D eigenvalue weighted by atomic mass is 16.6. The van der Waals surface area contributed by atoms with Crippen LogP contribution in [0.3, 0.4) is 0 Å². The van der Waals surface area contributed by atoms with Gasteiger partial charge in [-0.1, -0.05) is 72.8 Å². The Morgan fingerprint density at radius 3 is 1.53 bits per heavy atom. The van der Waals surface area contributed by atoms with E-state index in [0.717, 1.165) is 53.7 Å². The molecule has 4 rings (SSSR count). The maximum atomic E-state index is 13.4. The molecule has 0 aromatic heterocycles. The molecule has 2 unspecified atom stereocenters. The summed E-state index contributed by atoms with van der Waals surface area (Å²) in [5.74, 6) is -1.02. The van der Waals surface area contributed by atoms with Gasteiger partial charge in [0.15, 0.2) is 0 Å². The molecule has 0 bridgehead atoms. The Morgan fingerprint density at radius 2 is 1.05 bits per heavy atom. The van der Waals surface area contributed by atoms with Crippen LogP contribution < -0.4 is 9.47 Å². The molecule has 4 aromatic rings. The minimum atomic E-state index is -0.743. The van der Waals surface area contributed by atoms with Crippen molar-refractivity contribution in [2.24, 2.45) is 0 Å². The molecule has 0 radical (unpaired) electrons. The molecular formula is C47H62N2O6. The van der Waals surface area contributed by atoms with Gasteiger partial charge in [-0.3, -0.25) is 19.4 Å².